The van der Waals surface area contributed by atoms with Crippen LogP contribution in [0.1, 0.15) is 148 Å². The maximum absolute atomic E-state index is 7.52. The van der Waals surface area contributed by atoms with Gasteiger partial charge in [0.25, 0.3) is 0 Å². The molecule has 2 aliphatic heterocycles. The minimum Gasteiger partial charge on any atom is -0.374 e. The summed E-state index contributed by atoms with van der Waals surface area (Å²) in [6.45, 7) is 0. The molecule has 9 aliphatic rings. The Morgan fingerprint density at radius 3 is 1.79 bits per heavy atom. The van der Waals surface area contributed by atoms with Gasteiger partial charge in [0.2, 0.25) is 0 Å². The van der Waals surface area contributed by atoms with Gasteiger partial charge in [-0.2, -0.15) is 0 Å². The molecular formula is C39H64N2O. The maximum Gasteiger partial charge on any atom is 0.0666 e. The summed E-state index contributed by atoms with van der Waals surface area (Å²) < 4.78 is 7.52. The smallest absolute Gasteiger partial charge is 0.0666 e. The van der Waals surface area contributed by atoms with Gasteiger partial charge in [0, 0.05) is 18.0 Å². The van der Waals surface area contributed by atoms with Crippen molar-refractivity contribution < 1.29 is 4.74 Å². The molecule has 0 amide bonds. The summed E-state index contributed by atoms with van der Waals surface area (Å²) in [4.78, 5) is 0. The van der Waals surface area contributed by atoms with Crippen molar-refractivity contribution in [3.8, 4) is 0 Å². The summed E-state index contributed by atoms with van der Waals surface area (Å²) in [5, 5.41) is 8.97. The van der Waals surface area contributed by atoms with Crippen molar-refractivity contribution in [2.75, 3.05) is 0 Å². The Morgan fingerprint density at radius 1 is 0.381 bits per heavy atom. The van der Waals surface area contributed by atoms with Crippen molar-refractivity contribution in [2.24, 2.45) is 65.1 Å². The third-order valence-corrected chi connectivity index (χ3v) is 16.1. The van der Waals surface area contributed by atoms with E-state index >= 15 is 0 Å². The Labute approximate surface area is 258 Å². The molecule has 0 bridgehead atoms. The number of nitrogens with one attached hydrogen (secondary N) is 2. The van der Waals surface area contributed by atoms with Crippen LogP contribution >= 0.6 is 0 Å². The highest BCUT2D eigenvalue weighted by molar-refractivity contribution is 5.11. The Kier molecular flexibility index (Phi) is 7.98. The molecule has 0 aromatic rings. The van der Waals surface area contributed by atoms with Gasteiger partial charge in [0.05, 0.1) is 18.4 Å². The van der Waals surface area contributed by atoms with Crippen molar-refractivity contribution in [2.45, 2.75) is 178 Å². The highest BCUT2D eigenvalue weighted by atomic mass is 16.5. The number of hydrogen-bond donors (Lipinski definition) is 2. The van der Waals surface area contributed by atoms with Gasteiger partial charge in [0.15, 0.2) is 0 Å². The minimum atomic E-state index is 0.503. The monoisotopic (exact) mass is 577 g/mol. The van der Waals surface area contributed by atoms with E-state index in [1.54, 1.807) is 6.42 Å². The van der Waals surface area contributed by atoms with E-state index in [0.29, 0.717) is 24.3 Å². The minimum absolute atomic E-state index is 0.503. The topological polar surface area (TPSA) is 33.3 Å². The molecule has 14 atom stereocenters. The molecule has 14 unspecified atom stereocenters. The fourth-order valence-electron chi connectivity index (χ4n) is 14.6. The second kappa shape index (κ2) is 11.9. The van der Waals surface area contributed by atoms with Crippen molar-refractivity contribution >= 4 is 0 Å². The fraction of sp³-hybridized carbons (Fsp3) is 1.00. The molecule has 0 spiro atoms. The summed E-state index contributed by atoms with van der Waals surface area (Å²) >= 11 is 0. The van der Waals surface area contributed by atoms with E-state index in [1.807, 2.05) is 0 Å². The van der Waals surface area contributed by atoms with Crippen molar-refractivity contribution in [1.29, 1.82) is 0 Å². The van der Waals surface area contributed by atoms with E-state index in [4.69, 9.17) is 4.74 Å². The lowest BCUT2D eigenvalue weighted by atomic mass is 9.53. The van der Waals surface area contributed by atoms with E-state index in [1.165, 1.54) is 141 Å². The molecule has 2 N–H and O–H groups in total. The van der Waals surface area contributed by atoms with Crippen LogP contribution in [0.4, 0.5) is 0 Å². The van der Waals surface area contributed by atoms with Gasteiger partial charge in [-0.05, 0) is 117 Å². The first kappa shape index (κ1) is 28.1. The molecule has 9 fully saturated rings. The van der Waals surface area contributed by atoms with Gasteiger partial charge >= 0.3 is 0 Å². The molecule has 42 heavy (non-hydrogen) atoms. The summed E-state index contributed by atoms with van der Waals surface area (Å²) in [6, 6.07) is 1.56. The summed E-state index contributed by atoms with van der Waals surface area (Å²) in [6.07, 6.45) is 36.0. The molecule has 236 valence electrons. The lowest BCUT2D eigenvalue weighted by molar-refractivity contribution is -0.0817. The van der Waals surface area contributed by atoms with E-state index in [9.17, 15) is 0 Å². The zero-order chi connectivity index (χ0) is 27.6. The lowest BCUT2D eigenvalue weighted by Crippen LogP contribution is -2.68. The largest absolute Gasteiger partial charge is 0.374 e. The average Bonchev–Trinajstić information content (AvgIpc) is 3.63. The molecule has 7 saturated carbocycles. The highest BCUT2D eigenvalue weighted by Gasteiger charge is 2.60. The van der Waals surface area contributed by atoms with Crippen LogP contribution in [0.5, 0.6) is 0 Å². The standard InChI is InChI=1S/C39H64N2O/c1-3-12-24(13-4-1)32-23-34-35(29-19-10-9-18-28(29)32)30-20-11-21-31(38(30)42-34)39-40-36(25-14-5-2-6-15-25)33-22-26-16-7-8-17-27(26)37(33)41-39/h24-41H,1-23H2. The Hall–Kier alpha value is -0.120. The van der Waals surface area contributed by atoms with Gasteiger partial charge in [0.1, 0.15) is 0 Å². The van der Waals surface area contributed by atoms with Crippen LogP contribution in [-0.4, -0.2) is 30.5 Å². The third kappa shape index (κ3) is 4.82. The number of hydrogen-bond acceptors (Lipinski definition) is 3. The van der Waals surface area contributed by atoms with Crippen molar-refractivity contribution in [3.05, 3.63) is 0 Å². The molecule has 0 aromatic heterocycles. The Balaban J connectivity index is 0.982. The van der Waals surface area contributed by atoms with Crippen LogP contribution in [0.2, 0.25) is 0 Å². The predicted molar refractivity (Wildman–Crippen MR) is 171 cm³/mol. The van der Waals surface area contributed by atoms with Crippen LogP contribution in [0.15, 0.2) is 0 Å². The van der Waals surface area contributed by atoms with Crippen LogP contribution in [0.3, 0.4) is 0 Å². The van der Waals surface area contributed by atoms with E-state index in [-0.39, 0.29) is 0 Å². The number of rotatable bonds is 3. The quantitative estimate of drug-likeness (QED) is 0.352. The zero-order valence-corrected chi connectivity index (χ0v) is 26.9. The van der Waals surface area contributed by atoms with Crippen molar-refractivity contribution in [3.63, 3.8) is 0 Å². The molecule has 0 aromatic carbocycles. The Bertz CT molecular complexity index is 925. The Morgan fingerprint density at radius 2 is 0.976 bits per heavy atom. The van der Waals surface area contributed by atoms with E-state index < -0.39 is 0 Å². The molecule has 9 rings (SSSR count). The molecular weight excluding hydrogens is 512 g/mol. The van der Waals surface area contributed by atoms with Crippen molar-refractivity contribution in [1.82, 2.24) is 10.6 Å². The molecule has 7 aliphatic carbocycles. The van der Waals surface area contributed by atoms with Crippen LogP contribution in [-0.2, 0) is 4.74 Å². The summed E-state index contributed by atoms with van der Waals surface area (Å²) in [7, 11) is 0. The summed E-state index contributed by atoms with van der Waals surface area (Å²) in [5.74, 6) is 10.3. The lowest BCUT2D eigenvalue weighted by Gasteiger charge is -2.52. The van der Waals surface area contributed by atoms with Gasteiger partial charge in [-0.25, -0.2) is 0 Å². The first-order chi connectivity index (χ1) is 20.8. The number of fused-ring (bicyclic) bond motifs is 8. The molecule has 2 heterocycles. The van der Waals surface area contributed by atoms with Crippen LogP contribution in [0, 0.1) is 65.1 Å². The van der Waals surface area contributed by atoms with E-state index in [0.717, 1.165) is 71.3 Å². The normalized spacial score (nSPS) is 53.4. The predicted octanol–water partition coefficient (Wildman–Crippen LogP) is 8.86. The zero-order valence-electron chi connectivity index (χ0n) is 26.9. The third-order valence-electron chi connectivity index (χ3n) is 16.1. The average molecular weight is 577 g/mol. The van der Waals surface area contributed by atoms with Gasteiger partial charge in [-0.1, -0.05) is 89.9 Å². The van der Waals surface area contributed by atoms with Gasteiger partial charge < -0.3 is 4.74 Å². The highest BCUT2D eigenvalue weighted by Crippen LogP contribution is 2.60. The molecule has 0 radical (unpaired) electrons. The maximum atomic E-state index is 7.52. The molecule has 3 heteroatoms. The SMILES string of the molecule is C1CCC(C2CC3OC4C(C5NC(C6CCCCC6)C6CC7CCCCC7C6N5)CCCC4C3C3CCCCC23)CC1. The van der Waals surface area contributed by atoms with Gasteiger partial charge in [-0.15, -0.1) is 0 Å². The van der Waals surface area contributed by atoms with Gasteiger partial charge in [-0.3, -0.25) is 10.6 Å². The first-order valence-electron chi connectivity index (χ1n) is 20.0. The number of ether oxygens (including phenoxy) is 1. The fourth-order valence-corrected chi connectivity index (χ4v) is 14.6. The summed E-state index contributed by atoms with van der Waals surface area (Å²) in [5.41, 5.74) is 0. The second-order valence-electron chi connectivity index (χ2n) is 17.8. The molecule has 2 saturated heterocycles. The molecule has 3 nitrogen and oxygen atoms in total. The second-order valence-corrected chi connectivity index (χ2v) is 17.8. The van der Waals surface area contributed by atoms with Crippen LogP contribution in [0.25, 0.3) is 0 Å². The van der Waals surface area contributed by atoms with Crippen LogP contribution < -0.4 is 10.6 Å². The van der Waals surface area contributed by atoms with E-state index in [2.05, 4.69) is 10.6 Å². The first-order valence-corrected chi connectivity index (χ1v) is 20.0.